The maximum absolute atomic E-state index is 13.9. The molecular weight excluding hydrogens is 255 g/mol. The van der Waals surface area contributed by atoms with Crippen LogP contribution in [0.3, 0.4) is 0 Å². The summed E-state index contributed by atoms with van der Waals surface area (Å²) in [5, 5.41) is 3.20. The van der Waals surface area contributed by atoms with Crippen LogP contribution in [0.15, 0.2) is 12.1 Å². The number of likely N-dealkylation sites (N-methyl/N-ethyl adjacent to an activating group) is 1. The maximum Gasteiger partial charge on any atom is 0.126 e. The van der Waals surface area contributed by atoms with Gasteiger partial charge in [0.05, 0.1) is 12.1 Å². The topological polar surface area (TPSA) is 24.5 Å². The minimum Gasteiger partial charge on any atom is -0.376 e. The molecule has 0 bridgehead atoms. The number of rotatable bonds is 4. The van der Waals surface area contributed by atoms with Crippen molar-refractivity contribution in [3.8, 4) is 0 Å². The summed E-state index contributed by atoms with van der Waals surface area (Å²) in [6.45, 7) is 6.77. The van der Waals surface area contributed by atoms with Crippen molar-refractivity contribution in [1.82, 2.24) is 5.32 Å². The first-order chi connectivity index (χ1) is 9.45. The molecule has 0 aromatic heterocycles. The molecule has 1 N–H and O–H groups in total. The van der Waals surface area contributed by atoms with Crippen molar-refractivity contribution < 1.29 is 9.13 Å². The highest BCUT2D eigenvalue weighted by atomic mass is 19.1. The molecule has 112 valence electrons. The minimum absolute atomic E-state index is 0.111. The molecule has 0 aliphatic carbocycles. The van der Waals surface area contributed by atoms with Crippen molar-refractivity contribution in [2.75, 3.05) is 25.6 Å². The van der Waals surface area contributed by atoms with E-state index in [-0.39, 0.29) is 18.0 Å². The van der Waals surface area contributed by atoms with Gasteiger partial charge in [0.15, 0.2) is 0 Å². The standard InChI is InChI=1S/C16H25FN2O/c1-10-8-16(13(9-14(10)17)11(2)18-4)19(5)15-6-7-20-12(15)3/h8-9,11-12,15,18H,6-7H2,1-5H3. The Balaban J connectivity index is 2.40. The first kappa shape index (κ1) is 15.3. The van der Waals surface area contributed by atoms with Crippen LogP contribution < -0.4 is 10.2 Å². The number of anilines is 1. The van der Waals surface area contributed by atoms with Crippen molar-refractivity contribution in [2.45, 2.75) is 45.4 Å². The lowest BCUT2D eigenvalue weighted by atomic mass is 10.00. The molecule has 1 aliphatic heterocycles. The Morgan fingerprint density at radius 3 is 2.70 bits per heavy atom. The molecule has 3 atom stereocenters. The fraction of sp³-hybridized carbons (Fsp3) is 0.625. The van der Waals surface area contributed by atoms with Crippen molar-refractivity contribution >= 4 is 5.69 Å². The van der Waals surface area contributed by atoms with E-state index in [0.29, 0.717) is 11.6 Å². The van der Waals surface area contributed by atoms with E-state index in [2.05, 4.69) is 31.1 Å². The van der Waals surface area contributed by atoms with E-state index in [1.807, 2.05) is 20.0 Å². The van der Waals surface area contributed by atoms with Gasteiger partial charge in [-0.25, -0.2) is 4.39 Å². The van der Waals surface area contributed by atoms with E-state index in [0.717, 1.165) is 24.3 Å². The fourth-order valence-electron chi connectivity index (χ4n) is 2.90. The summed E-state index contributed by atoms with van der Waals surface area (Å²) in [4.78, 5) is 2.24. The average molecular weight is 280 g/mol. The van der Waals surface area contributed by atoms with Gasteiger partial charge in [-0.05, 0) is 57.5 Å². The molecule has 3 nitrogen and oxygen atoms in total. The summed E-state index contributed by atoms with van der Waals surface area (Å²) in [6.07, 6.45) is 1.23. The number of aryl methyl sites for hydroxylation is 1. The van der Waals surface area contributed by atoms with Gasteiger partial charge in [-0.2, -0.15) is 0 Å². The third-order valence-corrected chi connectivity index (χ3v) is 4.42. The molecule has 1 aromatic rings. The van der Waals surface area contributed by atoms with Crippen molar-refractivity contribution in [2.24, 2.45) is 0 Å². The van der Waals surface area contributed by atoms with E-state index in [9.17, 15) is 4.39 Å². The third-order valence-electron chi connectivity index (χ3n) is 4.42. The number of halogens is 1. The molecule has 2 rings (SSSR count). The predicted molar refractivity (Wildman–Crippen MR) is 80.8 cm³/mol. The molecule has 20 heavy (non-hydrogen) atoms. The molecule has 1 aromatic carbocycles. The quantitative estimate of drug-likeness (QED) is 0.917. The highest BCUT2D eigenvalue weighted by Gasteiger charge is 2.29. The predicted octanol–water partition coefficient (Wildman–Crippen LogP) is 3.03. The van der Waals surface area contributed by atoms with E-state index >= 15 is 0 Å². The van der Waals surface area contributed by atoms with Crippen LogP contribution >= 0.6 is 0 Å². The summed E-state index contributed by atoms with van der Waals surface area (Å²) >= 11 is 0. The van der Waals surface area contributed by atoms with E-state index in [1.54, 1.807) is 6.07 Å². The first-order valence-electron chi connectivity index (χ1n) is 7.27. The Bertz CT molecular complexity index is 478. The molecule has 1 aliphatic rings. The summed E-state index contributed by atoms with van der Waals surface area (Å²) in [5.41, 5.74) is 2.77. The number of benzene rings is 1. The number of hydrogen-bond donors (Lipinski definition) is 1. The Labute approximate surface area is 121 Å². The second kappa shape index (κ2) is 6.10. The number of nitrogens with zero attached hydrogens (tertiary/aromatic N) is 1. The highest BCUT2D eigenvalue weighted by molar-refractivity contribution is 5.57. The monoisotopic (exact) mass is 280 g/mol. The Morgan fingerprint density at radius 1 is 1.45 bits per heavy atom. The van der Waals surface area contributed by atoms with Crippen LogP contribution in [0.25, 0.3) is 0 Å². The summed E-state index contributed by atoms with van der Waals surface area (Å²) in [7, 11) is 3.97. The van der Waals surface area contributed by atoms with Crippen LogP contribution in [-0.2, 0) is 4.74 Å². The van der Waals surface area contributed by atoms with Gasteiger partial charge in [0.1, 0.15) is 5.82 Å². The molecular formula is C16H25FN2O. The normalized spacial score (nSPS) is 23.9. The molecule has 1 heterocycles. The van der Waals surface area contributed by atoms with Crippen LogP contribution in [0.5, 0.6) is 0 Å². The summed E-state index contributed by atoms with van der Waals surface area (Å²) in [5.74, 6) is -0.144. The lowest BCUT2D eigenvalue weighted by Crippen LogP contribution is -2.37. The number of nitrogens with one attached hydrogen (secondary N) is 1. The molecule has 3 unspecified atom stereocenters. The highest BCUT2D eigenvalue weighted by Crippen LogP contribution is 2.32. The summed E-state index contributed by atoms with van der Waals surface area (Å²) < 4.78 is 19.6. The van der Waals surface area contributed by atoms with Crippen molar-refractivity contribution in [3.63, 3.8) is 0 Å². The molecule has 0 saturated carbocycles. The van der Waals surface area contributed by atoms with Gasteiger partial charge in [-0.15, -0.1) is 0 Å². The van der Waals surface area contributed by atoms with Crippen molar-refractivity contribution in [3.05, 3.63) is 29.1 Å². The molecule has 0 amide bonds. The zero-order valence-electron chi connectivity index (χ0n) is 13.0. The van der Waals surface area contributed by atoms with Gasteiger partial charge >= 0.3 is 0 Å². The third kappa shape index (κ3) is 2.81. The summed E-state index contributed by atoms with van der Waals surface area (Å²) in [6, 6.07) is 4.06. The van der Waals surface area contributed by atoms with Gasteiger partial charge in [-0.1, -0.05) is 0 Å². The second-order valence-corrected chi connectivity index (χ2v) is 5.71. The molecule has 1 fully saturated rings. The second-order valence-electron chi connectivity index (χ2n) is 5.71. The van der Waals surface area contributed by atoms with Gasteiger partial charge in [0.2, 0.25) is 0 Å². The van der Waals surface area contributed by atoms with Crippen LogP contribution in [0.4, 0.5) is 10.1 Å². The van der Waals surface area contributed by atoms with Gasteiger partial charge in [-0.3, -0.25) is 0 Å². The SMILES string of the molecule is CNC(C)c1cc(F)c(C)cc1N(C)C1CCOC1C. The molecule has 4 heteroatoms. The largest absolute Gasteiger partial charge is 0.376 e. The first-order valence-corrected chi connectivity index (χ1v) is 7.27. The lowest BCUT2D eigenvalue weighted by molar-refractivity contribution is 0.118. The maximum atomic E-state index is 13.9. The number of ether oxygens (including phenoxy) is 1. The van der Waals surface area contributed by atoms with Gasteiger partial charge in [0.25, 0.3) is 0 Å². The Hall–Kier alpha value is -1.13. The molecule has 0 radical (unpaired) electrons. The lowest BCUT2D eigenvalue weighted by Gasteiger charge is -2.32. The van der Waals surface area contributed by atoms with Crippen LogP contribution in [-0.4, -0.2) is 32.8 Å². The molecule has 1 saturated heterocycles. The van der Waals surface area contributed by atoms with Crippen LogP contribution in [0.2, 0.25) is 0 Å². The van der Waals surface area contributed by atoms with E-state index < -0.39 is 0 Å². The van der Waals surface area contributed by atoms with E-state index in [1.165, 1.54) is 0 Å². The average Bonchev–Trinajstić information content (AvgIpc) is 2.85. The van der Waals surface area contributed by atoms with Crippen LogP contribution in [0, 0.1) is 12.7 Å². The van der Waals surface area contributed by atoms with Crippen LogP contribution in [0.1, 0.15) is 37.4 Å². The Morgan fingerprint density at radius 2 is 2.15 bits per heavy atom. The number of hydrogen-bond acceptors (Lipinski definition) is 3. The van der Waals surface area contributed by atoms with Crippen molar-refractivity contribution in [1.29, 1.82) is 0 Å². The zero-order chi connectivity index (χ0) is 14.9. The van der Waals surface area contributed by atoms with E-state index in [4.69, 9.17) is 4.74 Å². The zero-order valence-corrected chi connectivity index (χ0v) is 13.0. The smallest absolute Gasteiger partial charge is 0.126 e. The molecule has 0 spiro atoms. The fourth-order valence-corrected chi connectivity index (χ4v) is 2.90. The van der Waals surface area contributed by atoms with Gasteiger partial charge < -0.3 is 15.0 Å². The van der Waals surface area contributed by atoms with Gasteiger partial charge in [0, 0.05) is 25.4 Å². The minimum atomic E-state index is -0.144. The Kier molecular flexibility index (Phi) is 4.66.